The Kier molecular flexibility index (Phi) is 3.70. The minimum Gasteiger partial charge on any atom is -0.480 e. The van der Waals surface area contributed by atoms with Crippen molar-refractivity contribution in [1.82, 2.24) is 15.4 Å². The molecule has 1 heterocycles. The van der Waals surface area contributed by atoms with Gasteiger partial charge in [0.2, 0.25) is 0 Å². The normalized spacial score (nSPS) is 12.1. The van der Waals surface area contributed by atoms with Crippen LogP contribution in [0.5, 0.6) is 0 Å². The Balaban J connectivity index is 2.55. The van der Waals surface area contributed by atoms with E-state index in [0.717, 1.165) is 5.39 Å². The van der Waals surface area contributed by atoms with Crippen LogP contribution in [0.4, 0.5) is 5.82 Å². The van der Waals surface area contributed by atoms with Gasteiger partial charge in [-0.25, -0.2) is 4.79 Å². The summed E-state index contributed by atoms with van der Waals surface area (Å²) in [6, 6.07) is 6.63. The van der Waals surface area contributed by atoms with Crippen molar-refractivity contribution in [2.45, 2.75) is 13.0 Å². The van der Waals surface area contributed by atoms with Crippen LogP contribution >= 0.6 is 0 Å². The quantitative estimate of drug-likeness (QED) is 0.818. The van der Waals surface area contributed by atoms with Crippen LogP contribution in [0.3, 0.4) is 0 Å². The molecule has 0 aliphatic carbocycles. The average Bonchev–Trinajstić information content (AvgIpc) is 2.43. The SMILES string of the molecule is C=CCN(c1nnnc2ccccc12)[C@@H](C)C(=O)O. The van der Waals surface area contributed by atoms with Gasteiger partial charge in [-0.1, -0.05) is 18.2 Å². The fourth-order valence-corrected chi connectivity index (χ4v) is 1.83. The molecule has 1 aromatic heterocycles. The summed E-state index contributed by atoms with van der Waals surface area (Å²) in [7, 11) is 0. The number of anilines is 1. The van der Waals surface area contributed by atoms with Gasteiger partial charge in [0.05, 0.1) is 5.52 Å². The van der Waals surface area contributed by atoms with Crippen LogP contribution in [-0.4, -0.2) is 39.1 Å². The second kappa shape index (κ2) is 5.43. The second-order valence-electron chi connectivity index (χ2n) is 4.09. The molecule has 2 rings (SSSR count). The summed E-state index contributed by atoms with van der Waals surface area (Å²) in [6.45, 7) is 5.62. The molecule has 2 aromatic rings. The zero-order valence-electron chi connectivity index (χ0n) is 10.5. The number of rotatable bonds is 5. The molecule has 0 radical (unpaired) electrons. The van der Waals surface area contributed by atoms with E-state index in [1.54, 1.807) is 17.9 Å². The molecule has 1 N–H and O–H groups in total. The summed E-state index contributed by atoms with van der Waals surface area (Å²) in [6.07, 6.45) is 1.64. The Morgan fingerprint density at radius 3 is 2.89 bits per heavy atom. The summed E-state index contributed by atoms with van der Waals surface area (Å²) in [5.74, 6) is -0.426. The topological polar surface area (TPSA) is 79.2 Å². The first-order valence-corrected chi connectivity index (χ1v) is 5.83. The smallest absolute Gasteiger partial charge is 0.326 e. The van der Waals surface area contributed by atoms with Gasteiger partial charge in [-0.15, -0.1) is 16.8 Å². The fraction of sp³-hybridized carbons (Fsp3) is 0.231. The Morgan fingerprint density at radius 2 is 2.21 bits per heavy atom. The molecule has 98 valence electrons. The zero-order chi connectivity index (χ0) is 13.8. The molecule has 1 aromatic carbocycles. The van der Waals surface area contributed by atoms with Crippen molar-refractivity contribution < 1.29 is 9.90 Å². The number of hydrogen-bond donors (Lipinski definition) is 1. The maximum atomic E-state index is 11.2. The molecule has 0 aliphatic heterocycles. The average molecular weight is 258 g/mol. The maximum Gasteiger partial charge on any atom is 0.326 e. The van der Waals surface area contributed by atoms with Crippen molar-refractivity contribution in [1.29, 1.82) is 0 Å². The number of hydrogen-bond acceptors (Lipinski definition) is 5. The summed E-state index contributed by atoms with van der Waals surface area (Å²) in [5, 5.41) is 21.5. The van der Waals surface area contributed by atoms with Crippen molar-refractivity contribution in [2.75, 3.05) is 11.4 Å². The van der Waals surface area contributed by atoms with Crippen LogP contribution in [0.2, 0.25) is 0 Å². The molecule has 0 unspecified atom stereocenters. The summed E-state index contributed by atoms with van der Waals surface area (Å²) >= 11 is 0. The molecule has 0 saturated carbocycles. The lowest BCUT2D eigenvalue weighted by Crippen LogP contribution is -2.40. The van der Waals surface area contributed by atoms with E-state index in [9.17, 15) is 9.90 Å². The number of carboxylic acid groups (broad SMARTS) is 1. The molecule has 0 spiro atoms. The van der Waals surface area contributed by atoms with E-state index in [1.165, 1.54) is 0 Å². The largest absolute Gasteiger partial charge is 0.480 e. The highest BCUT2D eigenvalue weighted by Crippen LogP contribution is 2.23. The van der Waals surface area contributed by atoms with E-state index in [1.807, 2.05) is 24.3 Å². The fourth-order valence-electron chi connectivity index (χ4n) is 1.83. The van der Waals surface area contributed by atoms with Crippen molar-refractivity contribution >= 4 is 22.7 Å². The summed E-state index contributed by atoms with van der Waals surface area (Å²) in [4.78, 5) is 12.8. The number of nitrogens with zero attached hydrogens (tertiary/aromatic N) is 4. The molecule has 0 saturated heterocycles. The minimum atomic E-state index is -0.926. The molecule has 0 fully saturated rings. The van der Waals surface area contributed by atoms with E-state index in [4.69, 9.17) is 0 Å². The van der Waals surface area contributed by atoms with Crippen LogP contribution in [-0.2, 0) is 4.79 Å². The van der Waals surface area contributed by atoms with Gasteiger partial charge in [0, 0.05) is 11.9 Å². The number of aromatic nitrogens is 3. The third-order valence-electron chi connectivity index (χ3n) is 2.86. The number of aliphatic carboxylic acids is 1. The predicted octanol–water partition coefficient (Wildman–Crippen LogP) is 1.49. The molecule has 0 bridgehead atoms. The van der Waals surface area contributed by atoms with Crippen LogP contribution in [0.25, 0.3) is 10.9 Å². The lowest BCUT2D eigenvalue weighted by atomic mass is 10.2. The van der Waals surface area contributed by atoms with Crippen molar-refractivity contribution in [3.05, 3.63) is 36.9 Å². The van der Waals surface area contributed by atoms with Crippen LogP contribution in [0, 0.1) is 0 Å². The van der Waals surface area contributed by atoms with Crippen LogP contribution < -0.4 is 4.90 Å². The van der Waals surface area contributed by atoms with Gasteiger partial charge in [0.15, 0.2) is 5.82 Å². The first-order chi connectivity index (χ1) is 9.15. The Bertz CT molecular complexity index is 609. The van der Waals surface area contributed by atoms with Gasteiger partial charge in [-0.3, -0.25) is 0 Å². The first-order valence-electron chi connectivity index (χ1n) is 5.83. The molecule has 6 nitrogen and oxygen atoms in total. The van der Waals surface area contributed by atoms with Crippen LogP contribution in [0.15, 0.2) is 36.9 Å². The predicted molar refractivity (Wildman–Crippen MR) is 72.0 cm³/mol. The second-order valence-corrected chi connectivity index (χ2v) is 4.09. The maximum absolute atomic E-state index is 11.2. The highest BCUT2D eigenvalue weighted by molar-refractivity contribution is 5.90. The van der Waals surface area contributed by atoms with Crippen molar-refractivity contribution in [2.24, 2.45) is 0 Å². The van der Waals surface area contributed by atoms with E-state index in [0.29, 0.717) is 17.9 Å². The molecular weight excluding hydrogens is 244 g/mol. The van der Waals surface area contributed by atoms with Gasteiger partial charge >= 0.3 is 5.97 Å². The summed E-state index contributed by atoms with van der Waals surface area (Å²) < 4.78 is 0. The number of carbonyl (C=O) groups is 1. The van der Waals surface area contributed by atoms with E-state index >= 15 is 0 Å². The highest BCUT2D eigenvalue weighted by atomic mass is 16.4. The number of benzene rings is 1. The molecule has 0 aliphatic rings. The molecule has 6 heteroatoms. The van der Waals surface area contributed by atoms with E-state index < -0.39 is 12.0 Å². The van der Waals surface area contributed by atoms with E-state index in [2.05, 4.69) is 22.0 Å². The Labute approximate surface area is 110 Å². The lowest BCUT2D eigenvalue weighted by Gasteiger charge is -2.26. The molecular formula is C13H14N4O2. The minimum absolute atomic E-state index is 0.371. The Morgan fingerprint density at radius 1 is 1.47 bits per heavy atom. The number of carboxylic acids is 1. The third-order valence-corrected chi connectivity index (χ3v) is 2.86. The first kappa shape index (κ1) is 12.9. The zero-order valence-corrected chi connectivity index (χ0v) is 10.5. The highest BCUT2D eigenvalue weighted by Gasteiger charge is 2.23. The van der Waals surface area contributed by atoms with Gasteiger partial charge < -0.3 is 10.0 Å². The van der Waals surface area contributed by atoms with Crippen molar-refractivity contribution in [3.8, 4) is 0 Å². The van der Waals surface area contributed by atoms with Gasteiger partial charge in [0.25, 0.3) is 0 Å². The Hall–Kier alpha value is -2.50. The standard InChI is InChI=1S/C13H14N4O2/c1-3-8-17(9(2)13(18)19)12-10-6-4-5-7-11(10)14-16-15-12/h3-7,9H,1,8H2,2H3,(H,18,19)/t9-/m0/s1. The lowest BCUT2D eigenvalue weighted by molar-refractivity contribution is -0.138. The van der Waals surface area contributed by atoms with Crippen molar-refractivity contribution in [3.63, 3.8) is 0 Å². The molecule has 1 atom stereocenters. The van der Waals surface area contributed by atoms with Gasteiger partial charge in [0.1, 0.15) is 6.04 Å². The summed E-state index contributed by atoms with van der Waals surface area (Å²) in [5.41, 5.74) is 0.680. The third kappa shape index (κ3) is 2.52. The monoisotopic (exact) mass is 258 g/mol. The molecule has 19 heavy (non-hydrogen) atoms. The van der Waals surface area contributed by atoms with Gasteiger partial charge in [-0.2, -0.15) is 0 Å². The van der Waals surface area contributed by atoms with Gasteiger partial charge in [-0.05, 0) is 24.3 Å². The molecule has 0 amide bonds. The number of fused-ring (bicyclic) bond motifs is 1. The van der Waals surface area contributed by atoms with E-state index in [-0.39, 0.29) is 0 Å². The van der Waals surface area contributed by atoms with Crippen LogP contribution in [0.1, 0.15) is 6.92 Å².